The normalized spacial score (nSPS) is 10.5. The number of carbonyl (C=O) groups is 1. The van der Waals surface area contributed by atoms with Crippen LogP contribution in [0.3, 0.4) is 0 Å². The Morgan fingerprint density at radius 2 is 1.00 bits per heavy atom. The van der Waals surface area contributed by atoms with Crippen molar-refractivity contribution in [3.05, 3.63) is 144 Å². The SMILES string of the molecule is O=C(CN=C(c1ccccc1)c1ccccc1)NC(c1ccccc1)c1ccccc1. The van der Waals surface area contributed by atoms with E-state index >= 15 is 0 Å². The van der Waals surface area contributed by atoms with Gasteiger partial charge in [-0.25, -0.2) is 0 Å². The highest BCUT2D eigenvalue weighted by Crippen LogP contribution is 2.21. The van der Waals surface area contributed by atoms with E-state index in [0.29, 0.717) is 0 Å². The predicted octanol–water partition coefficient (Wildman–Crippen LogP) is 5.43. The first kappa shape index (κ1) is 20.3. The standard InChI is InChI=1S/C28H24N2O/c31-26(30-28(24-17-9-3-10-18-24)25-19-11-4-12-20-25)21-29-27(22-13-5-1-6-14-22)23-15-7-2-8-16-23/h1-20,28H,21H2,(H,30,31). The van der Waals surface area contributed by atoms with Gasteiger partial charge in [0.05, 0.1) is 11.8 Å². The summed E-state index contributed by atoms with van der Waals surface area (Å²) >= 11 is 0. The van der Waals surface area contributed by atoms with Crippen LogP contribution in [0.15, 0.2) is 126 Å². The Kier molecular flexibility index (Phi) is 6.66. The number of hydrogen-bond acceptors (Lipinski definition) is 2. The molecule has 0 bridgehead atoms. The first-order chi connectivity index (χ1) is 15.3. The number of hydrogen-bond donors (Lipinski definition) is 1. The number of carbonyl (C=O) groups excluding carboxylic acids is 1. The summed E-state index contributed by atoms with van der Waals surface area (Å²) in [6, 6.07) is 39.7. The smallest absolute Gasteiger partial charge is 0.242 e. The highest BCUT2D eigenvalue weighted by atomic mass is 16.1. The molecule has 0 radical (unpaired) electrons. The number of aliphatic imine (C=N–C) groups is 1. The molecule has 0 atom stereocenters. The van der Waals surface area contributed by atoms with Gasteiger partial charge in [0.15, 0.2) is 0 Å². The van der Waals surface area contributed by atoms with Gasteiger partial charge in [-0.2, -0.15) is 0 Å². The molecular formula is C28H24N2O. The maximum Gasteiger partial charge on any atom is 0.242 e. The minimum absolute atomic E-state index is 0.0509. The van der Waals surface area contributed by atoms with E-state index in [9.17, 15) is 4.79 Å². The average Bonchev–Trinajstić information content (AvgIpc) is 2.85. The summed E-state index contributed by atoms with van der Waals surface area (Å²) in [5, 5.41) is 3.16. The zero-order valence-electron chi connectivity index (χ0n) is 17.2. The second-order valence-electron chi connectivity index (χ2n) is 7.22. The lowest BCUT2D eigenvalue weighted by Crippen LogP contribution is -2.31. The number of nitrogens with zero attached hydrogens (tertiary/aromatic N) is 1. The van der Waals surface area contributed by atoms with Crippen molar-refractivity contribution in [2.45, 2.75) is 6.04 Å². The van der Waals surface area contributed by atoms with E-state index in [1.807, 2.05) is 121 Å². The van der Waals surface area contributed by atoms with Crippen LogP contribution in [0, 0.1) is 0 Å². The summed E-state index contributed by atoms with van der Waals surface area (Å²) in [6.45, 7) is 0.0509. The molecule has 0 aliphatic carbocycles. The Morgan fingerprint density at radius 3 is 1.42 bits per heavy atom. The molecule has 4 aromatic carbocycles. The van der Waals surface area contributed by atoms with Crippen molar-refractivity contribution in [2.24, 2.45) is 4.99 Å². The number of amides is 1. The molecule has 0 aliphatic rings. The molecule has 0 aliphatic heterocycles. The van der Waals surface area contributed by atoms with E-state index < -0.39 is 0 Å². The fourth-order valence-electron chi connectivity index (χ4n) is 3.55. The van der Waals surface area contributed by atoms with Crippen LogP contribution in [0.1, 0.15) is 28.3 Å². The van der Waals surface area contributed by atoms with Gasteiger partial charge in [0.25, 0.3) is 0 Å². The summed E-state index contributed by atoms with van der Waals surface area (Å²) in [5.41, 5.74) is 4.87. The summed E-state index contributed by atoms with van der Waals surface area (Å²) in [6.07, 6.45) is 0. The van der Waals surface area contributed by atoms with Crippen LogP contribution < -0.4 is 5.32 Å². The Bertz CT molecular complexity index is 1040. The highest BCUT2D eigenvalue weighted by molar-refractivity contribution is 6.13. The van der Waals surface area contributed by atoms with Gasteiger partial charge >= 0.3 is 0 Å². The summed E-state index contributed by atoms with van der Waals surface area (Å²) in [4.78, 5) is 17.7. The van der Waals surface area contributed by atoms with Gasteiger partial charge in [-0.3, -0.25) is 9.79 Å². The molecule has 0 spiro atoms. The van der Waals surface area contributed by atoms with Crippen LogP contribution in [-0.4, -0.2) is 18.2 Å². The molecular weight excluding hydrogens is 380 g/mol. The number of rotatable bonds is 7. The van der Waals surface area contributed by atoms with Crippen LogP contribution >= 0.6 is 0 Å². The second kappa shape index (κ2) is 10.2. The molecule has 152 valence electrons. The van der Waals surface area contributed by atoms with Crippen molar-refractivity contribution >= 4 is 11.6 Å². The molecule has 0 aromatic heterocycles. The van der Waals surface area contributed by atoms with Gasteiger partial charge in [-0.1, -0.05) is 121 Å². The molecule has 31 heavy (non-hydrogen) atoms. The van der Waals surface area contributed by atoms with Gasteiger partial charge in [-0.05, 0) is 11.1 Å². The lowest BCUT2D eigenvalue weighted by molar-refractivity contribution is -0.120. The second-order valence-corrected chi connectivity index (χ2v) is 7.22. The van der Waals surface area contributed by atoms with E-state index in [1.54, 1.807) is 0 Å². The van der Waals surface area contributed by atoms with Crippen LogP contribution in [0.5, 0.6) is 0 Å². The van der Waals surface area contributed by atoms with E-state index in [0.717, 1.165) is 28.0 Å². The summed E-state index contributed by atoms with van der Waals surface area (Å²) in [7, 11) is 0. The first-order valence-corrected chi connectivity index (χ1v) is 10.4. The van der Waals surface area contributed by atoms with Crippen molar-refractivity contribution in [2.75, 3.05) is 6.54 Å². The average molecular weight is 405 g/mol. The lowest BCUT2D eigenvalue weighted by atomic mass is 9.98. The van der Waals surface area contributed by atoms with Gasteiger partial charge in [0.1, 0.15) is 6.54 Å². The Balaban J connectivity index is 1.58. The maximum absolute atomic E-state index is 12.9. The van der Waals surface area contributed by atoms with E-state index in [1.165, 1.54) is 0 Å². The first-order valence-electron chi connectivity index (χ1n) is 10.4. The molecule has 3 nitrogen and oxygen atoms in total. The predicted molar refractivity (Wildman–Crippen MR) is 126 cm³/mol. The minimum atomic E-state index is -0.220. The molecule has 1 amide bonds. The third-order valence-electron chi connectivity index (χ3n) is 5.05. The van der Waals surface area contributed by atoms with E-state index in [-0.39, 0.29) is 18.5 Å². The molecule has 0 fully saturated rings. The van der Waals surface area contributed by atoms with Gasteiger partial charge in [0, 0.05) is 11.1 Å². The highest BCUT2D eigenvalue weighted by Gasteiger charge is 2.16. The Labute approximate surface area is 183 Å². The summed E-state index contributed by atoms with van der Waals surface area (Å²) < 4.78 is 0. The fourth-order valence-corrected chi connectivity index (χ4v) is 3.55. The van der Waals surface area contributed by atoms with Gasteiger partial charge in [0.2, 0.25) is 5.91 Å². The van der Waals surface area contributed by atoms with Crippen molar-refractivity contribution < 1.29 is 4.79 Å². The van der Waals surface area contributed by atoms with Crippen molar-refractivity contribution in [3.8, 4) is 0 Å². The van der Waals surface area contributed by atoms with Crippen LogP contribution in [0.2, 0.25) is 0 Å². The van der Waals surface area contributed by atoms with Crippen molar-refractivity contribution in [3.63, 3.8) is 0 Å². The molecule has 3 heteroatoms. The van der Waals surface area contributed by atoms with Crippen LogP contribution in [0.25, 0.3) is 0 Å². The van der Waals surface area contributed by atoms with E-state index in [4.69, 9.17) is 4.99 Å². The van der Waals surface area contributed by atoms with Crippen LogP contribution in [0.4, 0.5) is 0 Å². The monoisotopic (exact) mass is 404 g/mol. The van der Waals surface area contributed by atoms with Crippen molar-refractivity contribution in [1.82, 2.24) is 5.32 Å². The Morgan fingerprint density at radius 1 is 0.613 bits per heavy atom. The molecule has 0 unspecified atom stereocenters. The third-order valence-corrected chi connectivity index (χ3v) is 5.05. The molecule has 4 aromatic rings. The largest absolute Gasteiger partial charge is 0.344 e. The Hall–Kier alpha value is -3.98. The van der Waals surface area contributed by atoms with E-state index in [2.05, 4.69) is 5.32 Å². The lowest BCUT2D eigenvalue weighted by Gasteiger charge is -2.19. The zero-order chi connectivity index (χ0) is 21.3. The van der Waals surface area contributed by atoms with Crippen molar-refractivity contribution in [1.29, 1.82) is 0 Å². The minimum Gasteiger partial charge on any atom is -0.344 e. The number of nitrogens with one attached hydrogen (secondary N) is 1. The van der Waals surface area contributed by atoms with Gasteiger partial charge < -0.3 is 5.32 Å². The molecule has 0 saturated heterocycles. The van der Waals surface area contributed by atoms with Gasteiger partial charge in [-0.15, -0.1) is 0 Å². The third kappa shape index (κ3) is 5.34. The fraction of sp³-hybridized carbons (Fsp3) is 0.0714. The summed E-state index contributed by atoms with van der Waals surface area (Å²) in [5.74, 6) is -0.123. The molecule has 4 rings (SSSR count). The maximum atomic E-state index is 12.9. The zero-order valence-corrected chi connectivity index (χ0v) is 17.2. The molecule has 0 saturated carbocycles. The quantitative estimate of drug-likeness (QED) is 0.410. The molecule has 0 heterocycles. The van der Waals surface area contributed by atoms with Crippen LogP contribution in [-0.2, 0) is 4.79 Å². The number of benzene rings is 4. The topological polar surface area (TPSA) is 41.5 Å². The molecule has 1 N–H and O–H groups in total.